The van der Waals surface area contributed by atoms with Crippen molar-refractivity contribution in [3.63, 3.8) is 0 Å². The first-order chi connectivity index (χ1) is 9.04. The first-order valence-corrected chi connectivity index (χ1v) is 7.17. The van der Waals surface area contributed by atoms with Gasteiger partial charge in [-0.25, -0.2) is 0 Å². The van der Waals surface area contributed by atoms with Crippen LogP contribution in [0.5, 0.6) is 0 Å². The molecule has 1 aliphatic rings. The van der Waals surface area contributed by atoms with E-state index in [0.29, 0.717) is 22.9 Å². The molecule has 0 amide bonds. The van der Waals surface area contributed by atoms with E-state index in [1.54, 1.807) is 6.08 Å². The van der Waals surface area contributed by atoms with Gasteiger partial charge in [-0.3, -0.25) is 9.59 Å². The largest absolute Gasteiger partial charge is 0.382 e. The van der Waals surface area contributed by atoms with Crippen molar-refractivity contribution in [1.29, 1.82) is 0 Å². The second kappa shape index (κ2) is 7.96. The summed E-state index contributed by atoms with van der Waals surface area (Å²) in [5, 5.41) is 3.02. The van der Waals surface area contributed by atoms with Crippen LogP contribution in [0.15, 0.2) is 35.4 Å². The summed E-state index contributed by atoms with van der Waals surface area (Å²) < 4.78 is 0. The topological polar surface area (TPSA) is 49.4 Å². The summed E-state index contributed by atoms with van der Waals surface area (Å²) in [5.41, 5.74) is 0.395. The maximum Gasteiger partial charge on any atom is 0.203 e. The lowest BCUT2D eigenvalue weighted by Crippen LogP contribution is -2.27. The Morgan fingerprint density at radius 2 is 2.05 bits per heavy atom. The lowest BCUT2D eigenvalue weighted by molar-refractivity contribution is -0.115. The second-order valence-electron chi connectivity index (χ2n) is 4.48. The zero-order valence-corrected chi connectivity index (χ0v) is 12.3. The van der Waals surface area contributed by atoms with Crippen molar-refractivity contribution in [2.45, 2.75) is 6.42 Å². The van der Waals surface area contributed by atoms with Crippen LogP contribution in [0.4, 0.5) is 0 Å². The molecule has 19 heavy (non-hydrogen) atoms. The molecular weight excluding hydrogens is 260 g/mol. The normalized spacial score (nSPS) is 15.3. The molecule has 1 aliphatic carbocycles. The van der Waals surface area contributed by atoms with Gasteiger partial charge in [-0.15, -0.1) is 18.3 Å². The molecule has 1 rings (SSSR count). The molecule has 5 heteroatoms. The molecule has 0 saturated carbocycles. The van der Waals surface area contributed by atoms with Crippen LogP contribution < -0.4 is 5.32 Å². The molecule has 4 nitrogen and oxygen atoms in total. The van der Waals surface area contributed by atoms with Crippen molar-refractivity contribution < 1.29 is 9.59 Å². The van der Waals surface area contributed by atoms with Crippen LogP contribution in [0.2, 0.25) is 0 Å². The van der Waals surface area contributed by atoms with Crippen LogP contribution in [0, 0.1) is 0 Å². The van der Waals surface area contributed by atoms with Crippen LogP contribution in [0.1, 0.15) is 6.42 Å². The third-order valence-corrected chi connectivity index (χ3v) is 3.53. The smallest absolute Gasteiger partial charge is 0.203 e. The fourth-order valence-corrected chi connectivity index (χ4v) is 2.25. The maximum atomic E-state index is 11.8. The molecule has 0 atom stereocenters. The first kappa shape index (κ1) is 15.7. The highest BCUT2D eigenvalue weighted by atomic mass is 32.2. The van der Waals surface area contributed by atoms with E-state index in [0.717, 1.165) is 13.0 Å². The van der Waals surface area contributed by atoms with Gasteiger partial charge in [0.2, 0.25) is 5.78 Å². The number of hydrogen-bond acceptors (Lipinski definition) is 5. The Balaban J connectivity index is 2.48. The monoisotopic (exact) mass is 280 g/mol. The van der Waals surface area contributed by atoms with Crippen LogP contribution in [-0.4, -0.2) is 49.4 Å². The maximum absolute atomic E-state index is 11.8. The highest BCUT2D eigenvalue weighted by Gasteiger charge is 2.19. The summed E-state index contributed by atoms with van der Waals surface area (Å²) >= 11 is 1.34. The van der Waals surface area contributed by atoms with E-state index in [1.807, 2.05) is 14.1 Å². The fourth-order valence-electron chi connectivity index (χ4n) is 1.56. The van der Waals surface area contributed by atoms with Crippen LogP contribution >= 0.6 is 11.8 Å². The van der Waals surface area contributed by atoms with Gasteiger partial charge in [-0.1, -0.05) is 6.08 Å². The Labute approximate surface area is 118 Å². The van der Waals surface area contributed by atoms with Crippen LogP contribution in [-0.2, 0) is 9.59 Å². The van der Waals surface area contributed by atoms with Gasteiger partial charge in [0.25, 0.3) is 0 Å². The van der Waals surface area contributed by atoms with E-state index >= 15 is 0 Å². The van der Waals surface area contributed by atoms with Crippen LogP contribution in [0.3, 0.4) is 0 Å². The minimum Gasteiger partial charge on any atom is -0.382 e. The van der Waals surface area contributed by atoms with E-state index < -0.39 is 0 Å². The molecule has 0 bridgehead atoms. The number of nitrogens with zero attached hydrogens (tertiary/aromatic N) is 1. The average molecular weight is 280 g/mol. The van der Waals surface area contributed by atoms with Gasteiger partial charge in [0.15, 0.2) is 5.78 Å². The van der Waals surface area contributed by atoms with Crippen molar-refractivity contribution in [2.75, 3.05) is 32.9 Å². The third kappa shape index (κ3) is 5.44. The summed E-state index contributed by atoms with van der Waals surface area (Å²) in [6.07, 6.45) is 5.43. The number of carbonyl (C=O) groups is 2. The summed E-state index contributed by atoms with van der Waals surface area (Å²) in [7, 11) is 4.00. The van der Waals surface area contributed by atoms with Gasteiger partial charge < -0.3 is 10.2 Å². The number of ketones is 2. The SMILES string of the molecule is C=CCSC1=CC(=O)C(NCCCN(C)C)=CC1=O. The number of allylic oxidation sites excluding steroid dienone is 3. The molecule has 0 aromatic rings. The zero-order valence-electron chi connectivity index (χ0n) is 11.4. The molecule has 0 aromatic heterocycles. The quantitative estimate of drug-likeness (QED) is 0.413. The first-order valence-electron chi connectivity index (χ1n) is 6.19. The van der Waals surface area contributed by atoms with Gasteiger partial charge >= 0.3 is 0 Å². The number of hydrogen-bond donors (Lipinski definition) is 1. The molecule has 104 valence electrons. The second-order valence-corrected chi connectivity index (χ2v) is 5.54. The summed E-state index contributed by atoms with van der Waals surface area (Å²) in [5.74, 6) is 0.391. The minimum absolute atomic E-state index is 0.110. The highest BCUT2D eigenvalue weighted by Crippen LogP contribution is 2.21. The number of carbonyl (C=O) groups excluding carboxylic acids is 2. The number of thioether (sulfide) groups is 1. The third-order valence-electron chi connectivity index (χ3n) is 2.50. The van der Waals surface area contributed by atoms with Gasteiger partial charge in [0, 0.05) is 24.4 Å². The van der Waals surface area contributed by atoms with Gasteiger partial charge in [0.1, 0.15) is 0 Å². The Morgan fingerprint density at radius 1 is 1.32 bits per heavy atom. The van der Waals surface area contributed by atoms with E-state index in [2.05, 4.69) is 16.8 Å². The zero-order chi connectivity index (χ0) is 14.3. The predicted octanol–water partition coefficient (Wildman–Crippen LogP) is 1.37. The lowest BCUT2D eigenvalue weighted by atomic mass is 10.1. The number of rotatable bonds is 8. The van der Waals surface area contributed by atoms with Crippen molar-refractivity contribution in [3.8, 4) is 0 Å². The minimum atomic E-state index is -0.129. The standard InChI is InChI=1S/C14H20N2O2S/c1-4-8-19-14-10-12(17)11(9-13(14)18)15-6-5-7-16(2)3/h4,9-10,15H,1,5-8H2,2-3H3. The average Bonchev–Trinajstić information content (AvgIpc) is 2.36. The Bertz CT molecular complexity index is 425. The molecule has 0 aromatic carbocycles. The van der Waals surface area contributed by atoms with Crippen LogP contribution in [0.25, 0.3) is 0 Å². The van der Waals surface area contributed by atoms with E-state index in [9.17, 15) is 9.59 Å². The summed E-state index contributed by atoms with van der Waals surface area (Å²) in [6, 6.07) is 0. The molecular formula is C14H20N2O2S. The van der Waals surface area contributed by atoms with Gasteiger partial charge in [-0.05, 0) is 27.1 Å². The molecule has 0 spiro atoms. The Hall–Kier alpha value is -1.33. The predicted molar refractivity (Wildman–Crippen MR) is 80.0 cm³/mol. The van der Waals surface area contributed by atoms with E-state index in [1.165, 1.54) is 23.9 Å². The van der Waals surface area contributed by atoms with Crippen molar-refractivity contribution >= 4 is 23.3 Å². The Morgan fingerprint density at radius 3 is 2.68 bits per heavy atom. The summed E-state index contributed by atoms with van der Waals surface area (Å²) in [6.45, 7) is 5.22. The lowest BCUT2D eigenvalue weighted by Gasteiger charge is -2.14. The van der Waals surface area contributed by atoms with Crippen molar-refractivity contribution in [3.05, 3.63) is 35.4 Å². The fraction of sp³-hybridized carbons (Fsp3) is 0.429. The molecule has 0 saturated heterocycles. The molecule has 0 aliphatic heterocycles. The van der Waals surface area contributed by atoms with Crippen molar-refractivity contribution in [1.82, 2.24) is 10.2 Å². The molecule has 0 fully saturated rings. The van der Waals surface area contributed by atoms with Crippen molar-refractivity contribution in [2.24, 2.45) is 0 Å². The van der Waals surface area contributed by atoms with Gasteiger partial charge in [0.05, 0.1) is 10.6 Å². The van der Waals surface area contributed by atoms with E-state index in [-0.39, 0.29) is 11.6 Å². The number of nitrogens with one attached hydrogen (secondary N) is 1. The highest BCUT2D eigenvalue weighted by molar-refractivity contribution is 8.04. The van der Waals surface area contributed by atoms with E-state index in [4.69, 9.17) is 0 Å². The molecule has 0 radical (unpaired) electrons. The van der Waals surface area contributed by atoms with Gasteiger partial charge in [-0.2, -0.15) is 0 Å². The Kier molecular flexibility index (Phi) is 6.59. The molecule has 1 N–H and O–H groups in total. The molecule has 0 unspecified atom stereocenters. The molecule has 0 heterocycles. The summed E-state index contributed by atoms with van der Waals surface area (Å²) in [4.78, 5) is 26.2.